The molecular weight excluding hydrogens is 454 g/mol. The van der Waals surface area contributed by atoms with Gasteiger partial charge in [0.1, 0.15) is 16.5 Å². The van der Waals surface area contributed by atoms with Crippen LogP contribution in [0.15, 0.2) is 24.4 Å². The summed E-state index contributed by atoms with van der Waals surface area (Å²) in [6.07, 6.45) is 6.40. The predicted molar refractivity (Wildman–Crippen MR) is 128 cm³/mol. The maximum Gasteiger partial charge on any atom is 0.414 e. The van der Waals surface area contributed by atoms with Crippen LogP contribution in [0.1, 0.15) is 37.8 Å². The van der Waals surface area contributed by atoms with Crippen molar-refractivity contribution in [3.05, 3.63) is 30.1 Å². The first kappa shape index (κ1) is 21.4. The van der Waals surface area contributed by atoms with Gasteiger partial charge in [0.2, 0.25) is 5.91 Å². The summed E-state index contributed by atoms with van der Waals surface area (Å²) in [6, 6.07) is 5.76. The van der Waals surface area contributed by atoms with Gasteiger partial charge in [0.25, 0.3) is 0 Å². The van der Waals surface area contributed by atoms with Gasteiger partial charge < -0.3 is 14.8 Å². The smallest absolute Gasteiger partial charge is 0.414 e. The number of anilines is 2. The Morgan fingerprint density at radius 1 is 1.15 bits per heavy atom. The zero-order valence-corrected chi connectivity index (χ0v) is 19.5. The third-order valence-corrected chi connectivity index (χ3v) is 7.30. The Bertz CT molecular complexity index is 1250. The lowest BCUT2D eigenvalue weighted by molar-refractivity contribution is -0.117. The van der Waals surface area contributed by atoms with E-state index in [-0.39, 0.29) is 24.0 Å². The summed E-state index contributed by atoms with van der Waals surface area (Å²) in [7, 11) is 0. The number of aryl methyl sites for hydroxylation is 1. The van der Waals surface area contributed by atoms with Crippen LogP contribution in [-0.4, -0.2) is 52.8 Å². The highest BCUT2D eigenvalue weighted by atomic mass is 32.1. The van der Waals surface area contributed by atoms with Gasteiger partial charge in [0.15, 0.2) is 5.13 Å². The molecule has 0 aromatic carbocycles. The highest BCUT2D eigenvalue weighted by molar-refractivity contribution is 7.22. The number of nitrogens with zero attached hydrogens (tertiary/aromatic N) is 4. The Morgan fingerprint density at radius 3 is 2.82 bits per heavy atom. The number of nitrogens with one attached hydrogen (secondary N) is 1. The van der Waals surface area contributed by atoms with Gasteiger partial charge >= 0.3 is 6.09 Å². The van der Waals surface area contributed by atoms with Gasteiger partial charge in [-0.25, -0.2) is 14.8 Å². The van der Waals surface area contributed by atoms with Crippen LogP contribution in [0.2, 0.25) is 0 Å². The number of rotatable bonds is 4. The fourth-order valence-electron chi connectivity index (χ4n) is 4.35. The molecule has 0 radical (unpaired) electrons. The van der Waals surface area contributed by atoms with E-state index in [1.54, 1.807) is 11.1 Å². The summed E-state index contributed by atoms with van der Waals surface area (Å²) in [5.41, 5.74) is 3.98. The van der Waals surface area contributed by atoms with Crippen molar-refractivity contribution in [2.45, 2.75) is 44.6 Å². The molecule has 1 aliphatic carbocycles. The van der Waals surface area contributed by atoms with Gasteiger partial charge in [-0.15, -0.1) is 0 Å². The highest BCUT2D eigenvalue weighted by Gasteiger charge is 2.30. The van der Waals surface area contributed by atoms with E-state index in [1.807, 2.05) is 18.2 Å². The van der Waals surface area contributed by atoms with Crippen LogP contribution in [0.5, 0.6) is 0 Å². The van der Waals surface area contributed by atoms with Crippen molar-refractivity contribution in [1.82, 2.24) is 15.0 Å². The van der Waals surface area contributed by atoms with E-state index in [1.165, 1.54) is 11.3 Å². The van der Waals surface area contributed by atoms with Gasteiger partial charge in [0.05, 0.1) is 30.3 Å². The largest absolute Gasteiger partial charge is 0.446 e. The number of pyridine rings is 2. The van der Waals surface area contributed by atoms with Crippen molar-refractivity contribution in [3.63, 3.8) is 0 Å². The summed E-state index contributed by atoms with van der Waals surface area (Å²) in [4.78, 5) is 41.4. The molecule has 2 amide bonds. The number of ether oxygens (including phenoxy) is 2. The van der Waals surface area contributed by atoms with Crippen LogP contribution in [-0.2, 0) is 20.7 Å². The van der Waals surface area contributed by atoms with E-state index in [9.17, 15) is 9.59 Å². The predicted octanol–water partition coefficient (Wildman–Crippen LogP) is 4.17. The van der Waals surface area contributed by atoms with Crippen LogP contribution >= 0.6 is 11.3 Å². The lowest BCUT2D eigenvalue weighted by Gasteiger charge is -2.31. The molecule has 6 rings (SSSR count). The number of thiazole rings is 1. The summed E-state index contributed by atoms with van der Waals surface area (Å²) in [5, 5.41) is 3.47. The SMILES string of the molecule is O=C(Nc1nc2ccc(-c3cnc4c(c3)N(C(=O)OC3CCOCC3)CCC4)nc2s1)C1CC1. The number of carbonyl (C=O) groups excluding carboxylic acids is 2. The molecule has 0 spiro atoms. The zero-order valence-electron chi connectivity index (χ0n) is 18.7. The molecule has 0 bridgehead atoms. The average Bonchev–Trinajstić information content (AvgIpc) is 3.64. The second kappa shape index (κ2) is 8.92. The van der Waals surface area contributed by atoms with E-state index < -0.39 is 0 Å². The van der Waals surface area contributed by atoms with E-state index in [0.29, 0.717) is 24.9 Å². The first-order valence-corrected chi connectivity index (χ1v) is 12.6. The molecule has 0 atom stereocenters. The molecule has 34 heavy (non-hydrogen) atoms. The Morgan fingerprint density at radius 2 is 2.00 bits per heavy atom. The van der Waals surface area contributed by atoms with Gasteiger partial charge in [0, 0.05) is 37.1 Å². The first-order valence-electron chi connectivity index (χ1n) is 11.8. The van der Waals surface area contributed by atoms with Crippen LogP contribution in [0.4, 0.5) is 15.6 Å². The van der Waals surface area contributed by atoms with E-state index in [2.05, 4.69) is 15.3 Å². The first-order chi connectivity index (χ1) is 16.6. The van der Waals surface area contributed by atoms with Crippen molar-refractivity contribution in [2.24, 2.45) is 5.92 Å². The Hall–Kier alpha value is -3.11. The normalized spacial score (nSPS) is 18.5. The minimum atomic E-state index is -0.325. The van der Waals surface area contributed by atoms with Crippen molar-refractivity contribution < 1.29 is 19.1 Å². The molecule has 1 N–H and O–H groups in total. The molecule has 9 nitrogen and oxygen atoms in total. The summed E-state index contributed by atoms with van der Waals surface area (Å²) in [5.74, 6) is 0.157. The van der Waals surface area contributed by atoms with Crippen LogP contribution in [0, 0.1) is 5.92 Å². The average molecular weight is 480 g/mol. The van der Waals surface area contributed by atoms with Crippen LogP contribution < -0.4 is 10.2 Å². The summed E-state index contributed by atoms with van der Waals surface area (Å²) < 4.78 is 11.1. The molecule has 1 saturated carbocycles. The molecule has 0 unspecified atom stereocenters. The minimum Gasteiger partial charge on any atom is -0.446 e. The van der Waals surface area contributed by atoms with Gasteiger partial charge in [-0.05, 0) is 43.9 Å². The molecule has 3 aromatic heterocycles. The monoisotopic (exact) mass is 479 g/mol. The number of amides is 2. The lowest BCUT2D eigenvalue weighted by Crippen LogP contribution is -2.39. The molecule has 1 saturated heterocycles. The van der Waals surface area contributed by atoms with Crippen LogP contribution in [0.25, 0.3) is 21.6 Å². The second-order valence-corrected chi connectivity index (χ2v) is 9.92. The van der Waals surface area contributed by atoms with Gasteiger partial charge in [-0.3, -0.25) is 14.7 Å². The number of carbonyl (C=O) groups is 2. The topological polar surface area (TPSA) is 107 Å². The molecule has 2 fully saturated rings. The van der Waals surface area contributed by atoms with E-state index in [0.717, 1.165) is 71.5 Å². The maximum absolute atomic E-state index is 13.0. The van der Waals surface area contributed by atoms with Crippen LogP contribution in [0.3, 0.4) is 0 Å². The number of hydrogen-bond acceptors (Lipinski definition) is 8. The molecular formula is C24H25N5O4S. The summed E-state index contributed by atoms with van der Waals surface area (Å²) in [6.45, 7) is 1.85. The second-order valence-electron chi connectivity index (χ2n) is 8.94. The zero-order chi connectivity index (χ0) is 23.1. The third kappa shape index (κ3) is 4.35. The van der Waals surface area contributed by atoms with Gasteiger partial charge in [-0.2, -0.15) is 0 Å². The van der Waals surface area contributed by atoms with Crippen molar-refractivity contribution >= 4 is 44.5 Å². The van der Waals surface area contributed by atoms with Crippen molar-refractivity contribution in [1.29, 1.82) is 0 Å². The Kier molecular flexibility index (Phi) is 5.62. The maximum atomic E-state index is 13.0. The summed E-state index contributed by atoms with van der Waals surface area (Å²) >= 11 is 1.36. The quantitative estimate of drug-likeness (QED) is 0.598. The lowest BCUT2D eigenvalue weighted by atomic mass is 10.0. The number of aromatic nitrogens is 3. The van der Waals surface area contributed by atoms with Crippen molar-refractivity contribution in [3.8, 4) is 11.3 Å². The fourth-order valence-corrected chi connectivity index (χ4v) is 5.19. The van der Waals surface area contributed by atoms with Crippen molar-refractivity contribution in [2.75, 3.05) is 30.0 Å². The number of hydrogen-bond donors (Lipinski definition) is 1. The standard InChI is InChI=1S/C24H25N5O4S/c30-21(14-3-4-14)28-23-27-19-6-5-17(26-22(19)34-23)15-12-20-18(25-13-15)2-1-9-29(20)24(31)33-16-7-10-32-11-8-16/h5-6,12-14,16H,1-4,7-11H2,(H,27,28,30). The molecule has 2 aliphatic heterocycles. The third-order valence-electron chi connectivity index (χ3n) is 6.42. The fraction of sp³-hybridized carbons (Fsp3) is 0.458. The molecule has 176 valence electrons. The highest BCUT2D eigenvalue weighted by Crippen LogP contribution is 2.34. The molecule has 3 aliphatic rings. The van der Waals surface area contributed by atoms with Gasteiger partial charge in [-0.1, -0.05) is 11.3 Å². The molecule has 5 heterocycles. The number of fused-ring (bicyclic) bond motifs is 2. The van der Waals surface area contributed by atoms with E-state index >= 15 is 0 Å². The minimum absolute atomic E-state index is 0.0332. The molecule has 3 aromatic rings. The Balaban J connectivity index is 1.25. The molecule has 10 heteroatoms. The Labute approximate surface area is 200 Å². The van der Waals surface area contributed by atoms with E-state index in [4.69, 9.17) is 14.5 Å².